The maximum absolute atomic E-state index is 12.8. The number of pyridine rings is 1. The van der Waals surface area contributed by atoms with Gasteiger partial charge in [-0.2, -0.15) is 0 Å². The normalized spacial score (nSPS) is 10.5. The molecule has 0 saturated heterocycles. The highest BCUT2D eigenvalue weighted by Crippen LogP contribution is 2.29. The predicted molar refractivity (Wildman–Crippen MR) is 117 cm³/mol. The molecule has 3 aromatic rings. The number of anilines is 2. The Kier molecular flexibility index (Phi) is 6.66. The standard InChI is InChI=1S/C23H24ClN3O/c1-3-4-6-16-8-11-18(12-9-16)27-23(28)19-13-10-17(15-21(19)25-2)22-20(24)7-5-14-26-22/h5,7-15,25H,3-4,6H2,1-2H3,(H,27,28). The van der Waals surface area contributed by atoms with Crippen LogP contribution in [0.4, 0.5) is 11.4 Å². The quantitative estimate of drug-likeness (QED) is 0.514. The number of aromatic nitrogens is 1. The highest BCUT2D eigenvalue weighted by Gasteiger charge is 2.14. The minimum absolute atomic E-state index is 0.163. The Morgan fingerprint density at radius 1 is 1.11 bits per heavy atom. The number of hydrogen-bond acceptors (Lipinski definition) is 3. The number of halogens is 1. The Bertz CT molecular complexity index is 954. The molecule has 0 radical (unpaired) electrons. The fraction of sp³-hybridized carbons (Fsp3) is 0.217. The van der Waals surface area contributed by atoms with Crippen LogP contribution in [0.3, 0.4) is 0 Å². The van der Waals surface area contributed by atoms with Gasteiger partial charge in [0.2, 0.25) is 0 Å². The smallest absolute Gasteiger partial charge is 0.257 e. The zero-order valence-electron chi connectivity index (χ0n) is 16.1. The second-order valence-corrected chi connectivity index (χ2v) is 7.01. The lowest BCUT2D eigenvalue weighted by Gasteiger charge is -2.12. The number of nitrogens with zero attached hydrogens (tertiary/aromatic N) is 1. The minimum Gasteiger partial charge on any atom is -0.387 e. The lowest BCUT2D eigenvalue weighted by Crippen LogP contribution is -2.14. The zero-order valence-corrected chi connectivity index (χ0v) is 16.9. The van der Waals surface area contributed by atoms with Crippen LogP contribution in [0.25, 0.3) is 11.3 Å². The third-order valence-corrected chi connectivity index (χ3v) is 4.90. The van der Waals surface area contributed by atoms with Crippen LogP contribution in [0, 0.1) is 0 Å². The molecule has 1 amide bonds. The molecular formula is C23H24ClN3O. The van der Waals surface area contributed by atoms with E-state index in [4.69, 9.17) is 11.6 Å². The molecule has 2 aromatic carbocycles. The Morgan fingerprint density at radius 2 is 1.89 bits per heavy atom. The summed E-state index contributed by atoms with van der Waals surface area (Å²) in [6.45, 7) is 2.18. The number of unbranched alkanes of at least 4 members (excludes halogenated alkanes) is 1. The SMILES string of the molecule is CCCCc1ccc(NC(=O)c2ccc(-c3ncccc3Cl)cc2NC)cc1. The molecule has 0 aliphatic heterocycles. The third kappa shape index (κ3) is 4.70. The first-order chi connectivity index (χ1) is 13.6. The molecule has 0 spiro atoms. The van der Waals surface area contributed by atoms with E-state index in [-0.39, 0.29) is 5.91 Å². The predicted octanol–water partition coefficient (Wildman–Crippen LogP) is 6.04. The van der Waals surface area contributed by atoms with Gasteiger partial charge in [-0.05, 0) is 54.8 Å². The van der Waals surface area contributed by atoms with Crippen LogP contribution in [0.15, 0.2) is 60.8 Å². The second kappa shape index (κ2) is 9.38. The number of nitrogens with one attached hydrogen (secondary N) is 2. The van der Waals surface area contributed by atoms with Gasteiger partial charge < -0.3 is 10.6 Å². The Labute approximate surface area is 171 Å². The van der Waals surface area contributed by atoms with Crippen molar-refractivity contribution in [3.05, 3.63) is 76.9 Å². The molecule has 2 N–H and O–H groups in total. The summed E-state index contributed by atoms with van der Waals surface area (Å²) in [7, 11) is 1.79. The fourth-order valence-electron chi connectivity index (χ4n) is 3.03. The molecule has 1 aromatic heterocycles. The molecule has 144 valence electrons. The van der Waals surface area contributed by atoms with Crippen molar-refractivity contribution in [2.75, 3.05) is 17.7 Å². The lowest BCUT2D eigenvalue weighted by molar-refractivity contribution is 0.102. The number of carbonyl (C=O) groups is 1. The van der Waals surface area contributed by atoms with E-state index in [1.807, 2.05) is 24.3 Å². The van der Waals surface area contributed by atoms with Crippen LogP contribution in [-0.2, 0) is 6.42 Å². The Morgan fingerprint density at radius 3 is 2.57 bits per heavy atom. The van der Waals surface area contributed by atoms with Gasteiger partial charge in [-0.1, -0.05) is 43.1 Å². The molecule has 28 heavy (non-hydrogen) atoms. The number of amides is 1. The summed E-state index contributed by atoms with van der Waals surface area (Å²) in [5.74, 6) is -0.163. The summed E-state index contributed by atoms with van der Waals surface area (Å²) in [6.07, 6.45) is 5.10. The van der Waals surface area contributed by atoms with Crippen molar-refractivity contribution in [2.45, 2.75) is 26.2 Å². The molecule has 0 atom stereocenters. The van der Waals surface area contributed by atoms with Gasteiger partial charge in [0, 0.05) is 30.2 Å². The Hall–Kier alpha value is -2.85. The number of benzene rings is 2. The molecule has 0 aliphatic carbocycles. The summed E-state index contributed by atoms with van der Waals surface area (Å²) in [4.78, 5) is 17.1. The Balaban J connectivity index is 1.79. The lowest BCUT2D eigenvalue weighted by atomic mass is 10.0. The van der Waals surface area contributed by atoms with Gasteiger partial charge in [0.05, 0.1) is 16.3 Å². The van der Waals surface area contributed by atoms with Crippen molar-refractivity contribution in [3.8, 4) is 11.3 Å². The maximum atomic E-state index is 12.8. The molecule has 0 unspecified atom stereocenters. The summed E-state index contributed by atoms with van der Waals surface area (Å²) in [5, 5.41) is 6.63. The molecular weight excluding hydrogens is 370 g/mol. The van der Waals surface area contributed by atoms with Crippen molar-refractivity contribution in [1.29, 1.82) is 0 Å². The molecule has 3 rings (SSSR count). The van der Waals surface area contributed by atoms with Gasteiger partial charge >= 0.3 is 0 Å². The monoisotopic (exact) mass is 393 g/mol. The zero-order chi connectivity index (χ0) is 19.9. The first-order valence-corrected chi connectivity index (χ1v) is 9.83. The molecule has 4 nitrogen and oxygen atoms in total. The van der Waals surface area contributed by atoms with Gasteiger partial charge in [-0.25, -0.2) is 0 Å². The average molecular weight is 394 g/mol. The van der Waals surface area contributed by atoms with E-state index in [1.165, 1.54) is 18.4 Å². The van der Waals surface area contributed by atoms with E-state index >= 15 is 0 Å². The van der Waals surface area contributed by atoms with Gasteiger partial charge in [0.25, 0.3) is 5.91 Å². The maximum Gasteiger partial charge on any atom is 0.257 e. The van der Waals surface area contributed by atoms with Crippen LogP contribution < -0.4 is 10.6 Å². The number of carbonyl (C=O) groups excluding carboxylic acids is 1. The van der Waals surface area contributed by atoms with Crippen LogP contribution in [-0.4, -0.2) is 17.9 Å². The molecule has 0 fully saturated rings. The van der Waals surface area contributed by atoms with Crippen LogP contribution in [0.1, 0.15) is 35.7 Å². The van der Waals surface area contributed by atoms with E-state index < -0.39 is 0 Å². The van der Waals surface area contributed by atoms with Crippen molar-refractivity contribution in [3.63, 3.8) is 0 Å². The molecule has 5 heteroatoms. The topological polar surface area (TPSA) is 54.0 Å². The summed E-state index contributed by atoms with van der Waals surface area (Å²) < 4.78 is 0. The van der Waals surface area contributed by atoms with Gasteiger partial charge in [-0.15, -0.1) is 0 Å². The van der Waals surface area contributed by atoms with Crippen LogP contribution >= 0.6 is 11.6 Å². The first kappa shape index (κ1) is 19.9. The highest BCUT2D eigenvalue weighted by molar-refractivity contribution is 6.33. The van der Waals surface area contributed by atoms with E-state index in [9.17, 15) is 4.79 Å². The number of hydrogen-bond donors (Lipinski definition) is 2. The highest BCUT2D eigenvalue weighted by atomic mass is 35.5. The minimum atomic E-state index is -0.163. The van der Waals surface area contributed by atoms with Crippen molar-refractivity contribution >= 4 is 28.9 Å². The van der Waals surface area contributed by atoms with Crippen LogP contribution in [0.2, 0.25) is 5.02 Å². The molecule has 0 saturated carbocycles. The molecule has 1 heterocycles. The summed E-state index contributed by atoms with van der Waals surface area (Å²) in [6, 6.07) is 17.2. The van der Waals surface area contributed by atoms with Crippen molar-refractivity contribution < 1.29 is 4.79 Å². The van der Waals surface area contributed by atoms with Gasteiger partial charge in [0.15, 0.2) is 0 Å². The van der Waals surface area contributed by atoms with E-state index in [1.54, 1.807) is 31.4 Å². The van der Waals surface area contributed by atoms with E-state index in [0.717, 1.165) is 23.4 Å². The summed E-state index contributed by atoms with van der Waals surface area (Å²) >= 11 is 6.25. The second-order valence-electron chi connectivity index (χ2n) is 6.60. The van der Waals surface area contributed by atoms with Gasteiger partial charge in [-0.3, -0.25) is 9.78 Å². The first-order valence-electron chi connectivity index (χ1n) is 9.45. The molecule has 0 bridgehead atoms. The van der Waals surface area contributed by atoms with Crippen LogP contribution in [0.5, 0.6) is 0 Å². The average Bonchev–Trinajstić information content (AvgIpc) is 2.73. The number of aryl methyl sites for hydroxylation is 1. The van der Waals surface area contributed by atoms with Crippen molar-refractivity contribution in [2.24, 2.45) is 0 Å². The van der Waals surface area contributed by atoms with E-state index in [0.29, 0.717) is 16.3 Å². The number of rotatable bonds is 7. The largest absolute Gasteiger partial charge is 0.387 e. The van der Waals surface area contributed by atoms with Crippen molar-refractivity contribution in [1.82, 2.24) is 4.98 Å². The fourth-order valence-corrected chi connectivity index (χ4v) is 3.26. The molecule has 0 aliphatic rings. The third-order valence-electron chi connectivity index (χ3n) is 4.60. The van der Waals surface area contributed by atoms with E-state index in [2.05, 4.69) is 34.7 Å². The summed E-state index contributed by atoms with van der Waals surface area (Å²) in [5.41, 5.74) is 4.89. The van der Waals surface area contributed by atoms with Gasteiger partial charge in [0.1, 0.15) is 0 Å².